The van der Waals surface area contributed by atoms with E-state index >= 15 is 0 Å². The van der Waals surface area contributed by atoms with Gasteiger partial charge in [-0.25, -0.2) is 17.6 Å². The molecule has 0 aromatic heterocycles. The van der Waals surface area contributed by atoms with Crippen molar-refractivity contribution in [1.82, 2.24) is 0 Å². The van der Waals surface area contributed by atoms with Crippen LogP contribution in [0.3, 0.4) is 0 Å². The summed E-state index contributed by atoms with van der Waals surface area (Å²) in [7, 11) is 0. The van der Waals surface area contributed by atoms with Crippen LogP contribution in [0.15, 0.2) is 24.7 Å². The molecule has 64 valence electrons. The molecule has 0 atom stereocenters. The summed E-state index contributed by atoms with van der Waals surface area (Å²) >= 11 is 0. The molecule has 0 radical (unpaired) electrons. The molecule has 0 aliphatic rings. The highest BCUT2D eigenvalue weighted by atomic mass is 19.3. The van der Waals surface area contributed by atoms with Gasteiger partial charge in [-0.2, -0.15) is 0 Å². The Balaban J connectivity index is 3.41. The average Bonchev–Trinajstić information content (AvgIpc) is 1.85. The summed E-state index contributed by atoms with van der Waals surface area (Å²) in [6.45, 7) is 0. The summed E-state index contributed by atoms with van der Waals surface area (Å²) in [6.07, 6.45) is -3.09. The van der Waals surface area contributed by atoms with Crippen molar-refractivity contribution >= 4 is 0 Å². The van der Waals surface area contributed by atoms with Gasteiger partial charge in [0.2, 0.25) is 0 Å². The Hall–Kier alpha value is -1.00. The van der Waals surface area contributed by atoms with Gasteiger partial charge in [-0.3, -0.25) is 0 Å². The second kappa shape index (κ2) is 5.76. The molecule has 5 heteroatoms. The summed E-state index contributed by atoms with van der Waals surface area (Å²) in [6, 6.07) is 0. The molecule has 0 spiro atoms. The Labute approximate surface area is 61.0 Å². The van der Waals surface area contributed by atoms with Crippen molar-refractivity contribution in [2.24, 2.45) is 0 Å². The number of halogens is 4. The van der Waals surface area contributed by atoms with Gasteiger partial charge in [-0.05, 0) is 0 Å². The normalized spacial score (nSPS) is 12.5. The number of rotatable bonds is 4. The van der Waals surface area contributed by atoms with Crippen LogP contribution in [0, 0.1) is 0 Å². The van der Waals surface area contributed by atoms with Crippen LogP contribution < -0.4 is 0 Å². The van der Waals surface area contributed by atoms with Crippen LogP contribution in [0.1, 0.15) is 0 Å². The van der Waals surface area contributed by atoms with Crippen LogP contribution >= 0.6 is 0 Å². The third-order valence-electron chi connectivity index (χ3n) is 0.605. The molecule has 0 bridgehead atoms. The zero-order chi connectivity index (χ0) is 8.69. The van der Waals surface area contributed by atoms with Crippen molar-refractivity contribution in [3.63, 3.8) is 0 Å². The number of alkyl halides is 4. The van der Waals surface area contributed by atoms with Gasteiger partial charge in [0.15, 0.2) is 0 Å². The number of ether oxygens (including phenoxy) is 1. The van der Waals surface area contributed by atoms with Crippen molar-refractivity contribution in [2.75, 3.05) is 0 Å². The SMILES string of the molecule is FC(F)C=COC=CC(F)F. The molecule has 0 saturated carbocycles. The monoisotopic (exact) mass is 170 g/mol. The Morgan fingerprint density at radius 3 is 1.45 bits per heavy atom. The van der Waals surface area contributed by atoms with Gasteiger partial charge in [0, 0.05) is 12.2 Å². The molecule has 0 N–H and O–H groups in total. The lowest BCUT2D eigenvalue weighted by Gasteiger charge is -1.89. The van der Waals surface area contributed by atoms with Gasteiger partial charge in [-0.15, -0.1) is 0 Å². The molecule has 0 aromatic rings. The fourth-order valence-corrected chi connectivity index (χ4v) is 0.255. The third-order valence-corrected chi connectivity index (χ3v) is 0.605. The maximum atomic E-state index is 11.3. The zero-order valence-electron chi connectivity index (χ0n) is 5.38. The van der Waals surface area contributed by atoms with E-state index in [0.29, 0.717) is 24.7 Å². The lowest BCUT2D eigenvalue weighted by Crippen LogP contribution is -1.82. The zero-order valence-corrected chi connectivity index (χ0v) is 5.38. The molecule has 11 heavy (non-hydrogen) atoms. The van der Waals surface area contributed by atoms with Crippen LogP contribution in [0.4, 0.5) is 17.6 Å². The van der Waals surface area contributed by atoms with E-state index < -0.39 is 12.9 Å². The summed E-state index contributed by atoms with van der Waals surface area (Å²) in [5.41, 5.74) is 0. The van der Waals surface area contributed by atoms with Gasteiger partial charge < -0.3 is 4.74 Å². The largest absolute Gasteiger partial charge is 0.473 e. The number of hydrogen-bond donors (Lipinski definition) is 0. The van der Waals surface area contributed by atoms with E-state index in [-0.39, 0.29) is 0 Å². The van der Waals surface area contributed by atoms with E-state index in [1.807, 2.05) is 0 Å². The lowest BCUT2D eigenvalue weighted by molar-refractivity contribution is 0.195. The highest BCUT2D eigenvalue weighted by Crippen LogP contribution is 1.96. The fourth-order valence-electron chi connectivity index (χ4n) is 0.255. The second-order valence-corrected chi connectivity index (χ2v) is 1.46. The Bertz CT molecular complexity index is 126. The van der Waals surface area contributed by atoms with Crippen molar-refractivity contribution in [3.8, 4) is 0 Å². The minimum Gasteiger partial charge on any atom is -0.473 e. The molecule has 0 unspecified atom stereocenters. The van der Waals surface area contributed by atoms with Crippen molar-refractivity contribution < 1.29 is 22.3 Å². The molecule has 0 aliphatic carbocycles. The Morgan fingerprint density at radius 1 is 0.818 bits per heavy atom. The molecule has 1 nitrogen and oxygen atoms in total. The van der Waals surface area contributed by atoms with E-state index in [1.165, 1.54) is 0 Å². The smallest absolute Gasteiger partial charge is 0.260 e. The summed E-state index contributed by atoms with van der Waals surface area (Å²) in [5.74, 6) is 0. The maximum absolute atomic E-state index is 11.3. The van der Waals surface area contributed by atoms with Crippen molar-refractivity contribution in [2.45, 2.75) is 12.9 Å². The minimum absolute atomic E-state index is 0.440. The van der Waals surface area contributed by atoms with Gasteiger partial charge in [0.25, 0.3) is 12.9 Å². The first kappa shape index (κ1) is 10.0. The number of allylic oxidation sites excluding steroid dienone is 2. The fraction of sp³-hybridized carbons (Fsp3) is 0.333. The maximum Gasteiger partial charge on any atom is 0.260 e. The first-order valence-corrected chi connectivity index (χ1v) is 2.68. The molecule has 0 aromatic carbocycles. The van der Waals surface area contributed by atoms with Gasteiger partial charge in [0.1, 0.15) is 0 Å². The van der Waals surface area contributed by atoms with Gasteiger partial charge in [0.05, 0.1) is 12.5 Å². The van der Waals surface area contributed by atoms with Gasteiger partial charge >= 0.3 is 0 Å². The summed E-state index contributed by atoms with van der Waals surface area (Å²) in [4.78, 5) is 0. The van der Waals surface area contributed by atoms with Crippen LogP contribution in [-0.4, -0.2) is 12.9 Å². The first-order valence-electron chi connectivity index (χ1n) is 2.68. The van der Waals surface area contributed by atoms with Crippen LogP contribution in [0.5, 0.6) is 0 Å². The Kier molecular flexibility index (Phi) is 5.24. The summed E-state index contributed by atoms with van der Waals surface area (Å²) < 4.78 is 49.3. The molecule has 0 rings (SSSR count). The van der Waals surface area contributed by atoms with Gasteiger partial charge in [-0.1, -0.05) is 0 Å². The Morgan fingerprint density at radius 2 is 1.18 bits per heavy atom. The average molecular weight is 170 g/mol. The van der Waals surface area contributed by atoms with Crippen molar-refractivity contribution in [1.29, 1.82) is 0 Å². The standard InChI is InChI=1S/C6H6F4O/c7-5(8)1-3-11-4-2-6(9)10/h1-6H. The molecule has 0 amide bonds. The third kappa shape index (κ3) is 9.00. The minimum atomic E-state index is -2.63. The lowest BCUT2D eigenvalue weighted by atomic mass is 10.6. The van der Waals surface area contributed by atoms with Crippen molar-refractivity contribution in [3.05, 3.63) is 24.7 Å². The second-order valence-electron chi connectivity index (χ2n) is 1.46. The topological polar surface area (TPSA) is 9.23 Å². The predicted molar refractivity (Wildman–Crippen MR) is 31.4 cm³/mol. The summed E-state index contributed by atoms with van der Waals surface area (Å²) in [5, 5.41) is 0. The van der Waals surface area contributed by atoms with E-state index in [4.69, 9.17) is 0 Å². The van der Waals surface area contributed by atoms with Crippen LogP contribution in [-0.2, 0) is 4.74 Å². The molecule has 0 fully saturated rings. The van der Waals surface area contributed by atoms with E-state index in [2.05, 4.69) is 4.74 Å². The number of hydrogen-bond acceptors (Lipinski definition) is 1. The van der Waals surface area contributed by atoms with Crippen LogP contribution in [0.25, 0.3) is 0 Å². The quantitative estimate of drug-likeness (QED) is 0.465. The predicted octanol–water partition coefficient (Wildman–Crippen LogP) is 2.56. The highest BCUT2D eigenvalue weighted by molar-refractivity contribution is 4.82. The van der Waals surface area contributed by atoms with E-state index in [0.717, 1.165) is 0 Å². The molecule has 0 aliphatic heterocycles. The first-order chi connectivity index (χ1) is 5.13. The highest BCUT2D eigenvalue weighted by Gasteiger charge is 1.92. The van der Waals surface area contributed by atoms with Crippen LogP contribution in [0.2, 0.25) is 0 Å². The van der Waals surface area contributed by atoms with E-state index in [9.17, 15) is 17.6 Å². The molecule has 0 heterocycles. The molecular formula is C6H6F4O. The van der Waals surface area contributed by atoms with E-state index in [1.54, 1.807) is 0 Å². The molecular weight excluding hydrogens is 164 g/mol. The molecule has 0 saturated heterocycles.